The summed E-state index contributed by atoms with van der Waals surface area (Å²) in [7, 11) is 0. The van der Waals surface area contributed by atoms with E-state index < -0.39 is 0 Å². The second-order valence-electron chi connectivity index (χ2n) is 5.96. The summed E-state index contributed by atoms with van der Waals surface area (Å²) in [5.74, 6) is 1.28. The van der Waals surface area contributed by atoms with Crippen LogP contribution in [0.15, 0.2) is 55.1 Å². The van der Waals surface area contributed by atoms with Gasteiger partial charge in [-0.25, -0.2) is 14.6 Å². The molecule has 2 N–H and O–H groups in total. The van der Waals surface area contributed by atoms with E-state index in [0.717, 1.165) is 17.8 Å². The summed E-state index contributed by atoms with van der Waals surface area (Å²) >= 11 is 0. The Morgan fingerprint density at radius 3 is 2.77 bits per heavy atom. The number of nitrogens with zero attached hydrogens (tertiary/aromatic N) is 4. The number of anilines is 3. The normalized spacial score (nSPS) is 16.4. The Bertz CT molecular complexity index is 873. The van der Waals surface area contributed by atoms with E-state index in [4.69, 9.17) is 4.74 Å². The first-order valence-electron chi connectivity index (χ1n) is 8.36. The number of carbonyl (C=O) groups is 1. The molecular weight excluding hydrogens is 332 g/mol. The molecule has 1 aliphatic heterocycles. The van der Waals surface area contributed by atoms with E-state index in [-0.39, 0.29) is 11.8 Å². The minimum absolute atomic E-state index is 0.00266. The molecule has 1 amide bonds. The van der Waals surface area contributed by atoms with E-state index >= 15 is 0 Å². The first kappa shape index (κ1) is 16.2. The lowest BCUT2D eigenvalue weighted by Crippen LogP contribution is -2.22. The topological polar surface area (TPSA) is 94.0 Å². The van der Waals surface area contributed by atoms with E-state index in [1.54, 1.807) is 10.9 Å². The summed E-state index contributed by atoms with van der Waals surface area (Å²) in [5, 5.41) is 10.3. The molecular formula is C18H18N6O2. The standard InChI is InChI=1S/C18H18N6O2/c25-18(13-6-9-26-11-13)23-15-4-2-14(3-5-15)22-16-10-17(20-12-19-16)24-8-1-7-21-24/h1-5,7-8,10,12-13H,6,9,11H2,(H,23,25)(H,19,20,22)/t13-/m0/s1. The SMILES string of the molecule is O=C(Nc1ccc(Nc2cc(-n3cccn3)ncn2)cc1)[C@H]1CCOC1. The molecule has 1 aromatic carbocycles. The molecule has 4 rings (SSSR count). The van der Waals surface area contributed by atoms with Gasteiger partial charge in [0.2, 0.25) is 5.91 Å². The third-order valence-electron chi connectivity index (χ3n) is 4.12. The van der Waals surface area contributed by atoms with E-state index in [2.05, 4.69) is 25.7 Å². The molecule has 1 saturated heterocycles. The van der Waals surface area contributed by atoms with Crippen LogP contribution in [-0.2, 0) is 9.53 Å². The van der Waals surface area contributed by atoms with Crippen LogP contribution in [0.2, 0.25) is 0 Å². The number of aromatic nitrogens is 4. The molecule has 0 bridgehead atoms. The minimum Gasteiger partial charge on any atom is -0.381 e. The predicted molar refractivity (Wildman–Crippen MR) is 96.4 cm³/mol. The van der Waals surface area contributed by atoms with Gasteiger partial charge >= 0.3 is 0 Å². The summed E-state index contributed by atoms with van der Waals surface area (Å²) < 4.78 is 6.91. The third-order valence-corrected chi connectivity index (χ3v) is 4.12. The highest BCUT2D eigenvalue weighted by molar-refractivity contribution is 5.93. The molecule has 1 fully saturated rings. The number of ether oxygens (including phenoxy) is 1. The quantitative estimate of drug-likeness (QED) is 0.734. The highest BCUT2D eigenvalue weighted by Crippen LogP contribution is 2.20. The number of hydrogen-bond donors (Lipinski definition) is 2. The molecule has 0 aliphatic carbocycles. The smallest absolute Gasteiger partial charge is 0.229 e. The third kappa shape index (κ3) is 3.70. The van der Waals surface area contributed by atoms with E-state index in [9.17, 15) is 4.79 Å². The van der Waals surface area contributed by atoms with Gasteiger partial charge in [-0.1, -0.05) is 0 Å². The second-order valence-corrected chi connectivity index (χ2v) is 5.96. The fraction of sp³-hybridized carbons (Fsp3) is 0.222. The van der Waals surface area contributed by atoms with Crippen LogP contribution >= 0.6 is 0 Å². The van der Waals surface area contributed by atoms with Crippen LogP contribution in [0.4, 0.5) is 17.2 Å². The van der Waals surface area contributed by atoms with Crippen molar-refractivity contribution in [3.63, 3.8) is 0 Å². The van der Waals surface area contributed by atoms with Crippen molar-refractivity contribution < 1.29 is 9.53 Å². The molecule has 0 spiro atoms. The molecule has 8 nitrogen and oxygen atoms in total. The monoisotopic (exact) mass is 350 g/mol. The van der Waals surface area contributed by atoms with E-state index in [0.29, 0.717) is 24.8 Å². The van der Waals surface area contributed by atoms with Gasteiger partial charge in [0.05, 0.1) is 12.5 Å². The fourth-order valence-electron chi connectivity index (χ4n) is 2.72. The first-order valence-corrected chi connectivity index (χ1v) is 8.36. The van der Waals surface area contributed by atoms with Crippen molar-refractivity contribution in [1.29, 1.82) is 0 Å². The summed E-state index contributed by atoms with van der Waals surface area (Å²) in [6, 6.07) is 11.1. The largest absolute Gasteiger partial charge is 0.381 e. The maximum absolute atomic E-state index is 12.1. The van der Waals surface area contributed by atoms with Crippen LogP contribution in [0.1, 0.15) is 6.42 Å². The predicted octanol–water partition coefficient (Wildman–Crippen LogP) is 2.38. The van der Waals surface area contributed by atoms with E-state index in [1.807, 2.05) is 42.6 Å². The van der Waals surface area contributed by atoms with Gasteiger partial charge in [0.25, 0.3) is 0 Å². The van der Waals surface area contributed by atoms with Crippen molar-refractivity contribution in [1.82, 2.24) is 19.7 Å². The van der Waals surface area contributed by atoms with Crippen molar-refractivity contribution in [3.8, 4) is 5.82 Å². The van der Waals surface area contributed by atoms with Crippen LogP contribution in [-0.4, -0.2) is 38.9 Å². The average molecular weight is 350 g/mol. The Labute approximate surface area is 150 Å². The molecule has 26 heavy (non-hydrogen) atoms. The first-order chi connectivity index (χ1) is 12.8. The Morgan fingerprint density at radius 2 is 2.04 bits per heavy atom. The van der Waals surface area contributed by atoms with Gasteiger partial charge in [-0.2, -0.15) is 5.10 Å². The summed E-state index contributed by atoms with van der Waals surface area (Å²) in [6.07, 6.45) is 5.77. The minimum atomic E-state index is -0.0606. The Kier molecular flexibility index (Phi) is 4.57. The van der Waals surface area contributed by atoms with Crippen molar-refractivity contribution >= 4 is 23.1 Å². The van der Waals surface area contributed by atoms with Crippen molar-refractivity contribution in [2.24, 2.45) is 5.92 Å². The summed E-state index contributed by atoms with van der Waals surface area (Å²) in [6.45, 7) is 1.15. The fourth-order valence-corrected chi connectivity index (χ4v) is 2.72. The molecule has 1 aliphatic rings. The molecule has 3 heterocycles. The lowest BCUT2D eigenvalue weighted by Gasteiger charge is -2.11. The van der Waals surface area contributed by atoms with Crippen molar-refractivity contribution in [2.45, 2.75) is 6.42 Å². The highest BCUT2D eigenvalue weighted by atomic mass is 16.5. The maximum Gasteiger partial charge on any atom is 0.229 e. The Balaban J connectivity index is 1.41. The van der Waals surface area contributed by atoms with Gasteiger partial charge in [0.1, 0.15) is 12.1 Å². The number of carbonyl (C=O) groups excluding carboxylic acids is 1. The van der Waals surface area contributed by atoms with Gasteiger partial charge < -0.3 is 15.4 Å². The van der Waals surface area contributed by atoms with Crippen molar-refractivity contribution in [3.05, 3.63) is 55.1 Å². The van der Waals surface area contributed by atoms with Gasteiger partial charge in [0, 0.05) is 36.4 Å². The summed E-state index contributed by atoms with van der Waals surface area (Å²) in [4.78, 5) is 20.5. The van der Waals surface area contributed by atoms with Crippen LogP contribution in [0.5, 0.6) is 0 Å². The number of benzene rings is 1. The zero-order chi connectivity index (χ0) is 17.8. The molecule has 8 heteroatoms. The molecule has 0 unspecified atom stereocenters. The summed E-state index contributed by atoms with van der Waals surface area (Å²) in [5.41, 5.74) is 1.62. The molecule has 132 valence electrons. The molecule has 2 aromatic heterocycles. The van der Waals surface area contributed by atoms with Crippen LogP contribution in [0, 0.1) is 5.92 Å². The lowest BCUT2D eigenvalue weighted by molar-refractivity contribution is -0.119. The number of rotatable bonds is 5. The average Bonchev–Trinajstić information content (AvgIpc) is 3.38. The molecule has 1 atom stereocenters. The molecule has 0 radical (unpaired) electrons. The molecule has 0 saturated carbocycles. The van der Waals surface area contributed by atoms with Gasteiger partial charge in [-0.05, 0) is 36.8 Å². The zero-order valence-corrected chi connectivity index (χ0v) is 14.0. The Morgan fingerprint density at radius 1 is 1.19 bits per heavy atom. The Hall–Kier alpha value is -3.26. The van der Waals surface area contributed by atoms with Crippen LogP contribution < -0.4 is 10.6 Å². The maximum atomic E-state index is 12.1. The number of amides is 1. The van der Waals surface area contributed by atoms with Gasteiger partial charge in [-0.3, -0.25) is 4.79 Å². The van der Waals surface area contributed by atoms with Gasteiger partial charge in [-0.15, -0.1) is 0 Å². The highest BCUT2D eigenvalue weighted by Gasteiger charge is 2.23. The van der Waals surface area contributed by atoms with Crippen LogP contribution in [0.25, 0.3) is 5.82 Å². The second kappa shape index (κ2) is 7.32. The van der Waals surface area contributed by atoms with Gasteiger partial charge in [0.15, 0.2) is 5.82 Å². The molecule has 3 aromatic rings. The lowest BCUT2D eigenvalue weighted by atomic mass is 10.1. The van der Waals surface area contributed by atoms with Crippen LogP contribution in [0.3, 0.4) is 0 Å². The van der Waals surface area contributed by atoms with Crippen molar-refractivity contribution in [2.75, 3.05) is 23.8 Å². The number of nitrogens with one attached hydrogen (secondary N) is 2. The number of hydrogen-bond acceptors (Lipinski definition) is 6. The van der Waals surface area contributed by atoms with E-state index in [1.165, 1.54) is 6.33 Å². The zero-order valence-electron chi connectivity index (χ0n) is 14.0.